The molecule has 258 valence electrons. The highest BCUT2D eigenvalue weighted by molar-refractivity contribution is 6.20. The summed E-state index contributed by atoms with van der Waals surface area (Å²) in [6.45, 7) is 0. The van der Waals surface area contributed by atoms with Gasteiger partial charge in [-0.05, 0) is 107 Å². The van der Waals surface area contributed by atoms with E-state index in [0.717, 1.165) is 28.4 Å². The highest BCUT2D eigenvalue weighted by Crippen LogP contribution is 2.42. The fourth-order valence-corrected chi connectivity index (χ4v) is 8.53. The highest BCUT2D eigenvalue weighted by atomic mass is 15.1. The van der Waals surface area contributed by atoms with Crippen LogP contribution in [-0.2, 0) is 0 Å². The Kier molecular flexibility index (Phi) is 7.17. The van der Waals surface area contributed by atoms with Crippen LogP contribution in [0.4, 0.5) is 17.1 Å². The molecule has 0 fully saturated rings. The first kappa shape index (κ1) is 31.2. The zero-order valence-corrected chi connectivity index (χ0v) is 30.0. The smallest absolute Gasteiger partial charge is 0.0562 e. The molecule has 9 aromatic carbocycles. The lowest BCUT2D eigenvalue weighted by Crippen LogP contribution is -2.10. The van der Waals surface area contributed by atoms with E-state index in [-0.39, 0.29) is 0 Å². The lowest BCUT2D eigenvalue weighted by molar-refractivity contribution is 1.16. The molecule has 0 N–H and O–H groups in total. The van der Waals surface area contributed by atoms with Gasteiger partial charge >= 0.3 is 0 Å². The van der Waals surface area contributed by atoms with Crippen LogP contribution in [0.15, 0.2) is 212 Å². The van der Waals surface area contributed by atoms with E-state index in [1.165, 1.54) is 65.5 Å². The molecule has 0 spiro atoms. The summed E-state index contributed by atoms with van der Waals surface area (Å²) in [6.07, 6.45) is 0. The summed E-state index contributed by atoms with van der Waals surface area (Å²) in [6, 6.07) is 76.9. The Labute approximate surface area is 319 Å². The largest absolute Gasteiger partial charge is 0.310 e. The van der Waals surface area contributed by atoms with Gasteiger partial charge in [0.05, 0.1) is 22.1 Å². The second kappa shape index (κ2) is 12.6. The average Bonchev–Trinajstić information content (AvgIpc) is 3.74. The number of hydrogen-bond acceptors (Lipinski definition) is 1. The van der Waals surface area contributed by atoms with Gasteiger partial charge in [-0.2, -0.15) is 0 Å². The van der Waals surface area contributed by atoms with Crippen LogP contribution in [0.1, 0.15) is 0 Å². The van der Waals surface area contributed by atoms with E-state index in [1.807, 2.05) is 0 Å². The summed E-state index contributed by atoms with van der Waals surface area (Å²) in [4.78, 5) is 2.35. The van der Waals surface area contributed by atoms with Crippen molar-refractivity contribution in [3.8, 4) is 22.5 Å². The summed E-state index contributed by atoms with van der Waals surface area (Å²) in [7, 11) is 0. The van der Waals surface area contributed by atoms with E-state index in [4.69, 9.17) is 0 Å². The lowest BCUT2D eigenvalue weighted by Gasteiger charge is -2.26. The molecule has 3 nitrogen and oxygen atoms in total. The monoisotopic (exact) mass is 701 g/mol. The van der Waals surface area contributed by atoms with E-state index >= 15 is 0 Å². The van der Waals surface area contributed by atoms with Crippen LogP contribution in [0.3, 0.4) is 0 Å². The Morgan fingerprint density at radius 3 is 1.55 bits per heavy atom. The highest BCUT2D eigenvalue weighted by Gasteiger charge is 2.20. The first-order valence-corrected chi connectivity index (χ1v) is 18.9. The molecule has 11 rings (SSSR count). The van der Waals surface area contributed by atoms with Crippen molar-refractivity contribution in [2.24, 2.45) is 0 Å². The number of fused-ring (bicyclic) bond motifs is 7. The van der Waals surface area contributed by atoms with E-state index < -0.39 is 0 Å². The molecule has 0 bridgehead atoms. The maximum atomic E-state index is 2.44. The average molecular weight is 702 g/mol. The number of anilines is 3. The molecule has 0 atom stereocenters. The number of rotatable bonds is 6. The molecule has 0 aliphatic carbocycles. The Morgan fingerprint density at radius 1 is 0.273 bits per heavy atom. The van der Waals surface area contributed by atoms with Crippen LogP contribution in [0.5, 0.6) is 0 Å². The quantitative estimate of drug-likeness (QED) is 0.168. The third-order valence-electron chi connectivity index (χ3n) is 11.0. The molecule has 2 aromatic heterocycles. The maximum Gasteiger partial charge on any atom is 0.0562 e. The third kappa shape index (κ3) is 5.13. The molecule has 0 aliphatic rings. The van der Waals surface area contributed by atoms with Gasteiger partial charge in [-0.25, -0.2) is 0 Å². The molecule has 0 aliphatic heterocycles. The summed E-state index contributed by atoms with van der Waals surface area (Å²) in [5.41, 5.74) is 12.7. The lowest BCUT2D eigenvalue weighted by atomic mass is 10.0. The van der Waals surface area contributed by atoms with Crippen molar-refractivity contribution in [2.75, 3.05) is 4.90 Å². The minimum absolute atomic E-state index is 1.09. The molecule has 55 heavy (non-hydrogen) atoms. The van der Waals surface area contributed by atoms with Gasteiger partial charge in [-0.3, -0.25) is 0 Å². The standard InChI is InChI=1S/C52H35N3/c1-4-15-36(16-5-1)37-27-29-42(30-28-37)53(40-19-6-2-7-20-40)43-23-14-24-44(33-43)55-49-26-13-12-25-45(49)47-34-48-46-31-38-17-10-11-18-39(38)32-50(46)54(52(48)35-51(47)55)41-21-8-3-9-22-41/h1-35H. The minimum atomic E-state index is 1.09. The summed E-state index contributed by atoms with van der Waals surface area (Å²) >= 11 is 0. The van der Waals surface area contributed by atoms with E-state index in [2.05, 4.69) is 226 Å². The minimum Gasteiger partial charge on any atom is -0.310 e. The Morgan fingerprint density at radius 2 is 0.782 bits per heavy atom. The van der Waals surface area contributed by atoms with Gasteiger partial charge in [0.2, 0.25) is 0 Å². The fraction of sp³-hybridized carbons (Fsp3) is 0. The molecule has 0 radical (unpaired) electrons. The SMILES string of the molecule is c1ccc(-c2ccc(N(c3ccccc3)c3cccc(-n4c5ccccc5c5cc6c7cc8ccccc8cc7n(-c7ccccc7)c6cc54)c3)cc2)cc1. The third-order valence-corrected chi connectivity index (χ3v) is 11.0. The van der Waals surface area contributed by atoms with Crippen LogP contribution < -0.4 is 4.90 Å². The van der Waals surface area contributed by atoms with Gasteiger partial charge < -0.3 is 14.0 Å². The van der Waals surface area contributed by atoms with Crippen LogP contribution in [0, 0.1) is 0 Å². The van der Waals surface area contributed by atoms with Gasteiger partial charge in [0.1, 0.15) is 0 Å². The number of benzene rings is 9. The predicted octanol–water partition coefficient (Wildman–Crippen LogP) is 14.2. The summed E-state index contributed by atoms with van der Waals surface area (Å²) in [5.74, 6) is 0. The number of hydrogen-bond donors (Lipinski definition) is 0. The molecule has 0 unspecified atom stereocenters. The number of nitrogens with zero attached hydrogens (tertiary/aromatic N) is 3. The molecule has 2 heterocycles. The number of aromatic nitrogens is 2. The maximum absolute atomic E-state index is 2.44. The van der Waals surface area contributed by atoms with E-state index in [9.17, 15) is 0 Å². The van der Waals surface area contributed by atoms with Gasteiger partial charge in [0, 0.05) is 50.0 Å². The molecular weight excluding hydrogens is 667 g/mol. The summed E-state index contributed by atoms with van der Waals surface area (Å²) < 4.78 is 4.88. The second-order valence-corrected chi connectivity index (χ2v) is 14.2. The summed E-state index contributed by atoms with van der Waals surface area (Å²) in [5, 5.41) is 7.48. The van der Waals surface area contributed by atoms with Gasteiger partial charge in [-0.15, -0.1) is 0 Å². The first-order chi connectivity index (χ1) is 27.3. The predicted molar refractivity (Wildman–Crippen MR) is 233 cm³/mol. The van der Waals surface area contributed by atoms with Gasteiger partial charge in [-0.1, -0.05) is 127 Å². The number of para-hydroxylation sites is 3. The van der Waals surface area contributed by atoms with Gasteiger partial charge in [0.25, 0.3) is 0 Å². The fourth-order valence-electron chi connectivity index (χ4n) is 8.53. The molecule has 0 amide bonds. The molecule has 0 saturated heterocycles. The normalized spacial score (nSPS) is 11.6. The van der Waals surface area contributed by atoms with Crippen LogP contribution in [0.2, 0.25) is 0 Å². The molecular formula is C52H35N3. The van der Waals surface area contributed by atoms with Crippen molar-refractivity contribution in [1.29, 1.82) is 0 Å². The van der Waals surface area contributed by atoms with Crippen LogP contribution in [-0.4, -0.2) is 9.13 Å². The van der Waals surface area contributed by atoms with Crippen molar-refractivity contribution >= 4 is 71.4 Å². The van der Waals surface area contributed by atoms with Crippen molar-refractivity contribution in [3.63, 3.8) is 0 Å². The first-order valence-electron chi connectivity index (χ1n) is 18.9. The van der Waals surface area contributed by atoms with E-state index in [0.29, 0.717) is 0 Å². The van der Waals surface area contributed by atoms with Crippen molar-refractivity contribution in [1.82, 2.24) is 9.13 Å². The van der Waals surface area contributed by atoms with Gasteiger partial charge in [0.15, 0.2) is 0 Å². The molecule has 11 aromatic rings. The molecule has 3 heteroatoms. The zero-order valence-electron chi connectivity index (χ0n) is 30.0. The Hall–Kier alpha value is -7.36. The second-order valence-electron chi connectivity index (χ2n) is 14.2. The van der Waals surface area contributed by atoms with Crippen molar-refractivity contribution in [3.05, 3.63) is 212 Å². The van der Waals surface area contributed by atoms with Crippen molar-refractivity contribution in [2.45, 2.75) is 0 Å². The van der Waals surface area contributed by atoms with Crippen LogP contribution in [0.25, 0.3) is 76.9 Å². The molecule has 0 saturated carbocycles. The Bertz CT molecular complexity index is 3180. The topological polar surface area (TPSA) is 13.1 Å². The van der Waals surface area contributed by atoms with E-state index in [1.54, 1.807) is 0 Å². The zero-order chi connectivity index (χ0) is 36.3. The van der Waals surface area contributed by atoms with Crippen molar-refractivity contribution < 1.29 is 0 Å². The Balaban J connectivity index is 1.14. The van der Waals surface area contributed by atoms with Crippen LogP contribution >= 0.6 is 0 Å².